The lowest BCUT2D eigenvalue weighted by Crippen LogP contribution is -2.48. The third-order valence-corrected chi connectivity index (χ3v) is 11.8. The van der Waals surface area contributed by atoms with E-state index in [2.05, 4.69) is 67.8 Å². The van der Waals surface area contributed by atoms with Gasteiger partial charge in [0, 0.05) is 26.2 Å². The highest BCUT2D eigenvalue weighted by atomic mass is 35.5. The normalized spacial score (nSPS) is 21.1. The van der Waals surface area contributed by atoms with Crippen molar-refractivity contribution in [3.8, 4) is 0 Å². The zero-order chi connectivity index (χ0) is 47.1. The van der Waals surface area contributed by atoms with Crippen LogP contribution in [0.4, 0.5) is 22.0 Å². The van der Waals surface area contributed by atoms with Crippen LogP contribution < -0.4 is 5.43 Å². The maximum Gasteiger partial charge on any atom is 0.416 e. The van der Waals surface area contributed by atoms with Gasteiger partial charge < -0.3 is 18.9 Å². The highest BCUT2D eigenvalue weighted by Crippen LogP contribution is 2.38. The minimum atomic E-state index is -4.45. The van der Waals surface area contributed by atoms with E-state index in [1.807, 2.05) is 13.8 Å². The number of carbonyl (C=O) groups is 1. The van der Waals surface area contributed by atoms with Crippen LogP contribution in [0.1, 0.15) is 107 Å². The number of nitrogens with zero attached hydrogens (tertiary/aromatic N) is 5. The number of hydrazone groups is 1. The van der Waals surface area contributed by atoms with Gasteiger partial charge in [0.25, 0.3) is 0 Å². The molecule has 2 saturated heterocycles. The van der Waals surface area contributed by atoms with E-state index in [0.717, 1.165) is 45.9 Å². The number of morpholine rings is 2. The predicted molar refractivity (Wildman–Crippen MR) is 244 cm³/mol. The SMILES string of the molecule is CCc1n[nH]nc1CN1CCO[C@H](O[C@H](C)c2cc(C)cc(C(F)(F)F)c2)[C@@H]1c1ccc(F)cc1.Cc1cc(C)cc([C@@H](C)O[C@H]2OCCN(CC3=NNC(=O)C3)[C@H]2c2ccc(F)cc2)c1.Cl. The summed E-state index contributed by atoms with van der Waals surface area (Å²) in [6.45, 7) is 14.5. The monoisotopic (exact) mass is 953 g/mol. The third-order valence-electron chi connectivity index (χ3n) is 11.8. The molecule has 4 heterocycles. The van der Waals surface area contributed by atoms with Crippen molar-refractivity contribution in [2.75, 3.05) is 32.8 Å². The minimum absolute atomic E-state index is 0. The fourth-order valence-corrected chi connectivity index (χ4v) is 8.64. The minimum Gasteiger partial charge on any atom is -0.349 e. The summed E-state index contributed by atoms with van der Waals surface area (Å²) in [6, 6.07) is 22.1. The van der Waals surface area contributed by atoms with Crippen molar-refractivity contribution in [3.05, 3.63) is 152 Å². The summed E-state index contributed by atoms with van der Waals surface area (Å²) in [6.07, 6.45) is -5.65. The lowest BCUT2D eigenvalue weighted by atomic mass is 10.0. The van der Waals surface area contributed by atoms with E-state index in [9.17, 15) is 26.7 Å². The van der Waals surface area contributed by atoms with Gasteiger partial charge in [-0.05, 0) is 99.7 Å². The lowest BCUT2D eigenvalue weighted by Gasteiger charge is -2.42. The van der Waals surface area contributed by atoms with Crippen LogP contribution in [0.15, 0.2) is 90.0 Å². The van der Waals surface area contributed by atoms with Crippen molar-refractivity contribution in [2.45, 2.75) is 104 Å². The molecule has 0 aliphatic carbocycles. The fourth-order valence-electron chi connectivity index (χ4n) is 8.64. The van der Waals surface area contributed by atoms with Crippen LogP contribution in [0, 0.1) is 32.4 Å². The summed E-state index contributed by atoms with van der Waals surface area (Å²) in [5.41, 5.74) is 10.2. The summed E-state index contributed by atoms with van der Waals surface area (Å²) in [7, 11) is 0. The van der Waals surface area contributed by atoms with E-state index < -0.39 is 36.5 Å². The number of hydrogen-bond donors (Lipinski definition) is 2. The Bertz CT molecular complexity index is 2440. The van der Waals surface area contributed by atoms with E-state index in [-0.39, 0.29) is 48.5 Å². The average Bonchev–Trinajstić information content (AvgIpc) is 3.91. The Morgan fingerprint density at radius 1 is 0.716 bits per heavy atom. The lowest BCUT2D eigenvalue weighted by molar-refractivity contribution is -0.231. The second-order valence-corrected chi connectivity index (χ2v) is 17.0. The second-order valence-electron chi connectivity index (χ2n) is 17.0. The molecule has 0 bridgehead atoms. The van der Waals surface area contributed by atoms with Gasteiger partial charge >= 0.3 is 6.18 Å². The molecule has 8 rings (SSSR count). The molecule has 360 valence electrons. The van der Waals surface area contributed by atoms with Gasteiger partial charge in [-0.2, -0.15) is 33.7 Å². The third kappa shape index (κ3) is 13.3. The standard InChI is InChI=1S/C25H28F4N4O2.C24H28FN3O3.ClH/c1-4-21-22(31-32-30-21)14-33-9-10-34-24(23(33)17-5-7-20(26)8-6-17)35-16(3)18-11-15(2)12-19(13-18)25(27,28)29;1-15-10-16(2)12-19(11-15)17(3)31-24-23(18-4-6-20(25)7-5-18)28(8-9-30-24)14-21-13-22(29)27-26-21;/h5-8,11-13,16,23-24H,4,9-10,14H2,1-3H3,(H,30,31,32);4-7,10-12,17,23-24H,8-9,13-14H2,1-3H3,(H,27,29);1H/t16-,23+,24-;17-,23+,24-;/m11./s1. The Hall–Kier alpha value is -5.14. The maximum absolute atomic E-state index is 13.7. The largest absolute Gasteiger partial charge is 0.416 e. The van der Waals surface area contributed by atoms with Gasteiger partial charge in [0.15, 0.2) is 12.6 Å². The Labute approximate surface area is 393 Å². The molecule has 2 N–H and O–H groups in total. The van der Waals surface area contributed by atoms with Crippen molar-refractivity contribution in [1.82, 2.24) is 30.6 Å². The molecule has 67 heavy (non-hydrogen) atoms. The molecule has 3 aliphatic heterocycles. The first-order valence-corrected chi connectivity index (χ1v) is 22.1. The molecule has 0 unspecified atom stereocenters. The first kappa shape index (κ1) is 51.3. The maximum atomic E-state index is 13.7. The molecule has 0 spiro atoms. The molecule has 0 saturated carbocycles. The molecule has 3 aliphatic rings. The zero-order valence-corrected chi connectivity index (χ0v) is 39.1. The van der Waals surface area contributed by atoms with Gasteiger partial charge in [0.2, 0.25) is 5.91 Å². The van der Waals surface area contributed by atoms with Crippen LogP contribution in [-0.2, 0) is 42.9 Å². The molecule has 0 radical (unpaired) electrons. The Balaban J connectivity index is 0.000000219. The zero-order valence-electron chi connectivity index (χ0n) is 38.3. The van der Waals surface area contributed by atoms with Crippen LogP contribution in [0.5, 0.6) is 0 Å². The number of aromatic amines is 1. The molecule has 2 fully saturated rings. The van der Waals surface area contributed by atoms with Crippen LogP contribution in [0.3, 0.4) is 0 Å². The number of nitrogens with one attached hydrogen (secondary N) is 2. The average molecular weight is 954 g/mol. The van der Waals surface area contributed by atoms with Gasteiger partial charge in [-0.3, -0.25) is 14.6 Å². The highest BCUT2D eigenvalue weighted by Gasteiger charge is 2.39. The number of rotatable bonds is 13. The van der Waals surface area contributed by atoms with E-state index in [1.165, 1.54) is 35.4 Å². The summed E-state index contributed by atoms with van der Waals surface area (Å²) in [5, 5.41) is 15.3. The van der Waals surface area contributed by atoms with Crippen LogP contribution in [-0.4, -0.2) is 82.3 Å². The van der Waals surface area contributed by atoms with Crippen molar-refractivity contribution in [3.63, 3.8) is 0 Å². The van der Waals surface area contributed by atoms with E-state index >= 15 is 0 Å². The van der Waals surface area contributed by atoms with Gasteiger partial charge in [-0.15, -0.1) is 12.4 Å². The molecule has 1 amide bonds. The van der Waals surface area contributed by atoms with Crippen molar-refractivity contribution in [1.29, 1.82) is 0 Å². The number of aryl methyl sites for hydroxylation is 4. The second kappa shape index (κ2) is 22.8. The van der Waals surface area contributed by atoms with E-state index in [1.54, 1.807) is 44.2 Å². The van der Waals surface area contributed by atoms with Gasteiger partial charge in [0.05, 0.1) is 66.6 Å². The number of benzene rings is 4. The topological polar surface area (TPSA) is 126 Å². The summed E-state index contributed by atoms with van der Waals surface area (Å²) < 4.78 is 92.0. The molecule has 6 atom stereocenters. The van der Waals surface area contributed by atoms with Crippen molar-refractivity contribution < 1.29 is 45.7 Å². The van der Waals surface area contributed by atoms with Gasteiger partial charge in [0.1, 0.15) is 11.6 Å². The van der Waals surface area contributed by atoms with Crippen LogP contribution >= 0.6 is 12.4 Å². The van der Waals surface area contributed by atoms with Crippen LogP contribution in [0.2, 0.25) is 0 Å². The first-order chi connectivity index (χ1) is 31.5. The quantitative estimate of drug-likeness (QED) is 0.111. The predicted octanol–water partition coefficient (Wildman–Crippen LogP) is 9.73. The molecular weight excluding hydrogens is 897 g/mol. The van der Waals surface area contributed by atoms with E-state index in [0.29, 0.717) is 56.9 Å². The fraction of sp³-hybridized carbons (Fsp3) is 0.429. The number of carbonyl (C=O) groups excluding carboxylic acids is 1. The molecule has 5 aromatic rings. The number of amides is 1. The van der Waals surface area contributed by atoms with Gasteiger partial charge in [-0.25, -0.2) is 14.2 Å². The van der Waals surface area contributed by atoms with Crippen molar-refractivity contribution in [2.24, 2.45) is 5.10 Å². The number of hydrogen-bond acceptors (Lipinski definition) is 10. The van der Waals surface area contributed by atoms with Gasteiger partial charge in [-0.1, -0.05) is 72.1 Å². The highest BCUT2D eigenvalue weighted by molar-refractivity contribution is 6.05. The molecule has 18 heteroatoms. The van der Waals surface area contributed by atoms with Crippen LogP contribution in [0.25, 0.3) is 0 Å². The van der Waals surface area contributed by atoms with E-state index in [4.69, 9.17) is 18.9 Å². The number of alkyl halides is 3. The molecular formula is C49H57ClF5N7O5. The summed E-state index contributed by atoms with van der Waals surface area (Å²) >= 11 is 0. The Morgan fingerprint density at radius 2 is 1.19 bits per heavy atom. The number of aromatic nitrogens is 3. The Morgan fingerprint density at radius 3 is 1.67 bits per heavy atom. The number of halogens is 6. The smallest absolute Gasteiger partial charge is 0.349 e. The first-order valence-electron chi connectivity index (χ1n) is 22.1. The summed E-state index contributed by atoms with van der Waals surface area (Å²) in [4.78, 5) is 15.9. The Kier molecular flexibility index (Phi) is 17.4. The molecule has 1 aromatic heterocycles. The number of H-pyrrole nitrogens is 1. The summed E-state index contributed by atoms with van der Waals surface area (Å²) in [5.74, 6) is -0.757. The van der Waals surface area contributed by atoms with Crippen molar-refractivity contribution >= 4 is 24.0 Å². The molecule has 12 nitrogen and oxygen atoms in total. The molecule has 4 aromatic carbocycles. The number of ether oxygens (including phenoxy) is 4.